The average Bonchev–Trinajstić information content (AvgIpc) is 1.92. The van der Waals surface area contributed by atoms with Gasteiger partial charge in [0.15, 0.2) is 0 Å². The summed E-state index contributed by atoms with van der Waals surface area (Å²) in [4.78, 5) is 0. The Morgan fingerprint density at radius 1 is 0.202 bits per heavy atom. The quantitative estimate of drug-likeness (QED) is 0.0990. The first-order valence-corrected chi connectivity index (χ1v) is 29.3. The van der Waals surface area contributed by atoms with Crippen LogP contribution in [-0.2, 0) is 0 Å². The first kappa shape index (κ1) is 52.2. The van der Waals surface area contributed by atoms with E-state index in [4.69, 9.17) is 0 Å². The highest BCUT2D eigenvalue weighted by molar-refractivity contribution is 9.10. The van der Waals surface area contributed by atoms with Crippen LogP contribution in [0.15, 0.2) is 320 Å². The smallest absolute Gasteiger partial charge is 0.423 e. The molecule has 0 saturated carbocycles. The Balaban J connectivity index is 0.000000124. The average molecular weight is 1140 g/mol. The second-order valence-electron chi connectivity index (χ2n) is 21.4. The molecule has 0 saturated heterocycles. The highest BCUT2D eigenvalue weighted by Crippen LogP contribution is 2.45. The summed E-state index contributed by atoms with van der Waals surface area (Å²) in [7, 11) is -1.53. The maximum absolute atomic E-state index is 10.1. The van der Waals surface area contributed by atoms with Gasteiger partial charge in [0.05, 0.1) is 0 Å². The molecule has 0 aliphatic carbocycles. The zero-order chi connectivity index (χ0) is 56.5. The molecule has 0 atom stereocenters. The van der Waals surface area contributed by atoms with Crippen molar-refractivity contribution in [3.63, 3.8) is 0 Å². The molecule has 396 valence electrons. The number of halogens is 1. The zero-order valence-electron chi connectivity index (χ0n) is 45.9. The second-order valence-corrected chi connectivity index (χ2v) is 22.3. The Morgan fingerprint density at radius 2 is 0.464 bits per heavy atom. The van der Waals surface area contributed by atoms with E-state index in [1.165, 1.54) is 109 Å². The van der Waals surface area contributed by atoms with E-state index in [0.717, 1.165) is 37.1 Å². The van der Waals surface area contributed by atoms with Crippen LogP contribution in [0, 0.1) is 0 Å². The van der Waals surface area contributed by atoms with Crippen LogP contribution in [0.25, 0.3) is 142 Å². The fourth-order valence-corrected chi connectivity index (χ4v) is 12.9. The van der Waals surface area contributed by atoms with Crippen LogP contribution >= 0.6 is 15.9 Å². The lowest BCUT2D eigenvalue weighted by Gasteiger charge is -2.18. The molecule has 0 radical (unpaired) electrons. The van der Waals surface area contributed by atoms with Gasteiger partial charge in [0, 0.05) is 4.47 Å². The summed E-state index contributed by atoms with van der Waals surface area (Å²) in [6.45, 7) is 0. The highest BCUT2D eigenvalue weighted by Gasteiger charge is 2.23. The highest BCUT2D eigenvalue weighted by atomic mass is 79.9. The summed E-state index contributed by atoms with van der Waals surface area (Å²) in [5.41, 5.74) is 12.7. The van der Waals surface area contributed by atoms with Gasteiger partial charge in [0.2, 0.25) is 0 Å². The van der Waals surface area contributed by atoms with Gasteiger partial charge in [0.1, 0.15) is 0 Å². The minimum atomic E-state index is -1.53. The molecule has 0 amide bonds. The molecule has 16 aromatic rings. The van der Waals surface area contributed by atoms with Crippen molar-refractivity contribution in [2.45, 2.75) is 0 Å². The molecule has 0 aromatic heterocycles. The van der Waals surface area contributed by atoms with Gasteiger partial charge in [-0.1, -0.05) is 313 Å². The Hall–Kier alpha value is -9.94. The first-order valence-electron chi connectivity index (χ1n) is 28.5. The molecular weight excluding hydrogens is 1080 g/mol. The minimum absolute atomic E-state index is 0.556. The molecule has 16 rings (SSSR count). The van der Waals surface area contributed by atoms with Crippen LogP contribution in [0.4, 0.5) is 0 Å². The fourth-order valence-electron chi connectivity index (χ4n) is 12.6. The maximum Gasteiger partial charge on any atom is 0.489 e. The normalized spacial score (nSPS) is 11.3. The van der Waals surface area contributed by atoms with Crippen molar-refractivity contribution in [2.24, 2.45) is 0 Å². The SMILES string of the molecule is Brc1ccc2ccc3ccccc3c2c1.OB(O)c1c2ccccc2c(-c2ccc(-c3ccccc3)cc2)c2ccccc12.c1ccc(-c2ccc(-c3c4ccccc4c(-c4ccc5ccc6ccccc6c5c4)c4ccccc34)cc2)cc1. The van der Waals surface area contributed by atoms with Crippen LogP contribution in [0.3, 0.4) is 0 Å². The summed E-state index contributed by atoms with van der Waals surface area (Å²) >= 11 is 3.52. The van der Waals surface area contributed by atoms with Gasteiger partial charge >= 0.3 is 7.12 Å². The van der Waals surface area contributed by atoms with Crippen LogP contribution < -0.4 is 5.46 Å². The van der Waals surface area contributed by atoms with Gasteiger partial charge in [-0.2, -0.15) is 0 Å². The summed E-state index contributed by atoms with van der Waals surface area (Å²) in [6.07, 6.45) is 0. The van der Waals surface area contributed by atoms with Gasteiger partial charge in [0.25, 0.3) is 0 Å². The van der Waals surface area contributed by atoms with E-state index >= 15 is 0 Å². The predicted octanol–water partition coefficient (Wildman–Crippen LogP) is 21.1. The molecule has 4 heteroatoms. The van der Waals surface area contributed by atoms with Crippen LogP contribution in [-0.4, -0.2) is 17.2 Å². The van der Waals surface area contributed by atoms with E-state index in [9.17, 15) is 10.0 Å². The fraction of sp³-hybridized carbons (Fsp3) is 0. The van der Waals surface area contributed by atoms with E-state index < -0.39 is 7.12 Å². The lowest BCUT2D eigenvalue weighted by molar-refractivity contribution is 0.426. The monoisotopic (exact) mass is 1140 g/mol. The van der Waals surface area contributed by atoms with Gasteiger partial charge in [-0.15, -0.1) is 0 Å². The van der Waals surface area contributed by atoms with E-state index in [1.807, 2.05) is 66.7 Å². The van der Waals surface area contributed by atoms with Crippen molar-refractivity contribution in [3.05, 3.63) is 320 Å². The molecule has 0 spiro atoms. The third-order valence-corrected chi connectivity index (χ3v) is 17.0. The Kier molecular flexibility index (Phi) is 14.1. The summed E-state index contributed by atoms with van der Waals surface area (Å²) in [5, 5.41) is 39.4. The molecule has 0 aliphatic heterocycles. The molecule has 0 bridgehead atoms. The Labute approximate surface area is 497 Å². The van der Waals surface area contributed by atoms with Crippen molar-refractivity contribution in [1.82, 2.24) is 0 Å². The van der Waals surface area contributed by atoms with E-state index in [0.29, 0.717) is 5.46 Å². The number of hydrogen-bond donors (Lipinski definition) is 2. The lowest BCUT2D eigenvalue weighted by atomic mass is 9.72. The molecule has 0 aliphatic rings. The molecule has 16 aromatic carbocycles. The number of rotatable bonds is 6. The van der Waals surface area contributed by atoms with Crippen molar-refractivity contribution in [3.8, 4) is 55.6 Å². The number of hydrogen-bond acceptors (Lipinski definition) is 2. The van der Waals surface area contributed by atoms with Gasteiger partial charge in [-0.05, 0) is 165 Å². The van der Waals surface area contributed by atoms with Crippen LogP contribution in [0.2, 0.25) is 0 Å². The lowest BCUT2D eigenvalue weighted by Crippen LogP contribution is -2.31. The molecule has 0 fully saturated rings. The molecule has 84 heavy (non-hydrogen) atoms. The minimum Gasteiger partial charge on any atom is -0.423 e. The standard InChI is InChI=1S/C40H26.C26H19BO2.C14H9Br/c1-2-10-27(11-3-1)28-18-23-31(24-19-28)39-34-14-6-8-16-36(34)40(37-17-9-7-15-35(37)39)32-25-22-30-21-20-29-12-4-5-13-33(29)38(30)26-32;28-27(29)26-23-12-6-4-10-21(23)25(22-11-5-7-13-24(22)26)20-16-14-19(15-17-20)18-8-2-1-3-9-18;15-12-8-7-11-6-5-10-3-1-2-4-13(10)14(11)9-12/h1-26H;1-17,28-29H;1-9H. The molecule has 0 heterocycles. The summed E-state index contributed by atoms with van der Waals surface area (Å²) in [6, 6.07) is 112. The van der Waals surface area contributed by atoms with Gasteiger partial charge < -0.3 is 10.0 Å². The first-order chi connectivity index (χ1) is 41.4. The molecule has 0 unspecified atom stereocenters. The topological polar surface area (TPSA) is 40.5 Å². The van der Waals surface area contributed by atoms with Crippen molar-refractivity contribution in [1.29, 1.82) is 0 Å². The maximum atomic E-state index is 10.1. The second kappa shape index (κ2) is 22.8. The summed E-state index contributed by atoms with van der Waals surface area (Å²) in [5.74, 6) is 0. The van der Waals surface area contributed by atoms with E-state index in [2.05, 4.69) is 265 Å². The van der Waals surface area contributed by atoms with Crippen LogP contribution in [0.1, 0.15) is 0 Å². The number of fused-ring (bicyclic) bond motifs is 10. The van der Waals surface area contributed by atoms with E-state index in [-0.39, 0.29) is 0 Å². The third kappa shape index (κ3) is 9.87. The van der Waals surface area contributed by atoms with Gasteiger partial charge in [-0.25, -0.2) is 0 Å². The number of benzene rings is 16. The molecular formula is C80H54BBrO2. The Bertz CT molecular complexity index is 4990. The van der Waals surface area contributed by atoms with Crippen molar-refractivity contribution in [2.75, 3.05) is 0 Å². The summed E-state index contributed by atoms with van der Waals surface area (Å²) < 4.78 is 1.13. The predicted molar refractivity (Wildman–Crippen MR) is 364 cm³/mol. The largest absolute Gasteiger partial charge is 0.489 e. The molecule has 2 nitrogen and oxygen atoms in total. The molecule has 2 N–H and O–H groups in total. The van der Waals surface area contributed by atoms with Crippen molar-refractivity contribution >= 4 is 115 Å². The Morgan fingerprint density at radius 3 is 0.869 bits per heavy atom. The third-order valence-electron chi connectivity index (χ3n) is 16.5. The van der Waals surface area contributed by atoms with E-state index in [1.54, 1.807) is 0 Å². The van der Waals surface area contributed by atoms with Crippen molar-refractivity contribution < 1.29 is 10.0 Å². The zero-order valence-corrected chi connectivity index (χ0v) is 47.5. The van der Waals surface area contributed by atoms with Gasteiger partial charge in [-0.3, -0.25) is 0 Å². The van der Waals surface area contributed by atoms with Crippen LogP contribution in [0.5, 0.6) is 0 Å².